The van der Waals surface area contributed by atoms with Gasteiger partial charge in [0.25, 0.3) is 0 Å². The van der Waals surface area contributed by atoms with Gasteiger partial charge in [-0.15, -0.1) is 0 Å². The van der Waals surface area contributed by atoms with E-state index in [9.17, 15) is 0 Å². The molecule has 0 radical (unpaired) electrons. The Morgan fingerprint density at radius 1 is 0.964 bits per heavy atom. The lowest BCUT2D eigenvalue weighted by Crippen LogP contribution is -2.20. The molecule has 2 aromatic carbocycles. The van der Waals surface area contributed by atoms with Crippen LogP contribution >= 0.6 is 0 Å². The lowest BCUT2D eigenvalue weighted by Gasteiger charge is -2.16. The predicted molar refractivity (Wildman–Crippen MR) is 113 cm³/mol. The fourth-order valence-corrected chi connectivity index (χ4v) is 4.29. The molecular formula is C24H24N4. The van der Waals surface area contributed by atoms with Crippen molar-refractivity contribution >= 4 is 11.0 Å². The van der Waals surface area contributed by atoms with Crippen LogP contribution in [0.4, 0.5) is 0 Å². The molecule has 0 aliphatic carbocycles. The fraction of sp³-hybridized carbons (Fsp3) is 0.250. The van der Waals surface area contributed by atoms with Crippen molar-refractivity contribution in [1.29, 1.82) is 0 Å². The van der Waals surface area contributed by atoms with Crippen LogP contribution in [0.5, 0.6) is 0 Å². The van der Waals surface area contributed by atoms with E-state index in [1.165, 1.54) is 28.9 Å². The maximum Gasteiger partial charge on any atom is 0.114 e. The summed E-state index contributed by atoms with van der Waals surface area (Å²) in [6.07, 6.45) is 3.01. The van der Waals surface area contributed by atoms with E-state index in [4.69, 9.17) is 4.98 Å². The summed E-state index contributed by atoms with van der Waals surface area (Å²) in [6, 6.07) is 23.3. The molecule has 1 saturated heterocycles. The van der Waals surface area contributed by atoms with Crippen LogP contribution in [0.15, 0.2) is 72.9 Å². The highest BCUT2D eigenvalue weighted by Crippen LogP contribution is 2.30. The van der Waals surface area contributed by atoms with Crippen LogP contribution in [0.3, 0.4) is 0 Å². The van der Waals surface area contributed by atoms with Crippen LogP contribution in [-0.2, 0) is 13.6 Å². The molecule has 0 N–H and O–H groups in total. The Morgan fingerprint density at radius 3 is 2.57 bits per heavy atom. The average molecular weight is 368 g/mol. The first-order valence-corrected chi connectivity index (χ1v) is 9.92. The quantitative estimate of drug-likeness (QED) is 0.527. The molecule has 1 aliphatic heterocycles. The third-order valence-electron chi connectivity index (χ3n) is 5.78. The van der Waals surface area contributed by atoms with Gasteiger partial charge in [0.2, 0.25) is 0 Å². The number of para-hydroxylation sites is 2. The molecule has 1 fully saturated rings. The number of nitrogens with zero attached hydrogens (tertiary/aromatic N) is 4. The number of aryl methyl sites for hydroxylation is 1. The summed E-state index contributed by atoms with van der Waals surface area (Å²) >= 11 is 0. The van der Waals surface area contributed by atoms with Gasteiger partial charge in [-0.1, -0.05) is 42.5 Å². The van der Waals surface area contributed by atoms with Gasteiger partial charge in [-0.3, -0.25) is 9.88 Å². The number of aromatic nitrogens is 3. The van der Waals surface area contributed by atoms with Crippen molar-refractivity contribution in [1.82, 2.24) is 19.4 Å². The van der Waals surface area contributed by atoms with Gasteiger partial charge in [-0.25, -0.2) is 4.98 Å². The van der Waals surface area contributed by atoms with Crippen molar-refractivity contribution in [2.75, 3.05) is 13.1 Å². The van der Waals surface area contributed by atoms with E-state index >= 15 is 0 Å². The van der Waals surface area contributed by atoms with Crippen molar-refractivity contribution in [2.24, 2.45) is 7.05 Å². The largest absolute Gasteiger partial charge is 0.331 e. The van der Waals surface area contributed by atoms with Gasteiger partial charge in [-0.2, -0.15) is 0 Å². The summed E-state index contributed by atoms with van der Waals surface area (Å²) in [5.74, 6) is 1.72. The SMILES string of the molecule is Cn1c([C@H]2CCN(Cc3ccc(-c4ccccn4)cc3)C2)nc2ccccc21. The van der Waals surface area contributed by atoms with Crippen molar-refractivity contribution < 1.29 is 0 Å². The monoisotopic (exact) mass is 368 g/mol. The summed E-state index contributed by atoms with van der Waals surface area (Å²) in [5.41, 5.74) is 5.87. The topological polar surface area (TPSA) is 34.0 Å². The average Bonchev–Trinajstić information content (AvgIpc) is 3.34. The molecule has 2 aromatic heterocycles. The summed E-state index contributed by atoms with van der Waals surface area (Å²) in [7, 11) is 2.14. The lowest BCUT2D eigenvalue weighted by atomic mass is 10.1. The van der Waals surface area contributed by atoms with E-state index in [0.717, 1.165) is 30.8 Å². The molecule has 0 unspecified atom stereocenters. The molecule has 3 heterocycles. The van der Waals surface area contributed by atoms with E-state index in [2.05, 4.69) is 76.1 Å². The summed E-state index contributed by atoms with van der Waals surface area (Å²) in [6.45, 7) is 3.18. The highest BCUT2D eigenvalue weighted by Gasteiger charge is 2.27. The summed E-state index contributed by atoms with van der Waals surface area (Å²) in [5, 5.41) is 0. The molecule has 0 bridgehead atoms. The molecule has 0 amide bonds. The molecule has 4 aromatic rings. The summed E-state index contributed by atoms with van der Waals surface area (Å²) in [4.78, 5) is 11.9. The van der Waals surface area contributed by atoms with Crippen LogP contribution in [-0.4, -0.2) is 32.5 Å². The Kier molecular flexibility index (Phi) is 4.41. The maximum atomic E-state index is 4.91. The molecule has 1 aliphatic rings. The van der Waals surface area contributed by atoms with Gasteiger partial charge in [0.15, 0.2) is 0 Å². The number of pyridine rings is 1. The van der Waals surface area contributed by atoms with Crippen molar-refractivity contribution in [3.63, 3.8) is 0 Å². The predicted octanol–water partition coefficient (Wildman–Crippen LogP) is 4.62. The van der Waals surface area contributed by atoms with Crippen LogP contribution in [0, 0.1) is 0 Å². The van der Waals surface area contributed by atoms with Gasteiger partial charge >= 0.3 is 0 Å². The lowest BCUT2D eigenvalue weighted by molar-refractivity contribution is 0.325. The van der Waals surface area contributed by atoms with Crippen LogP contribution in [0.2, 0.25) is 0 Å². The van der Waals surface area contributed by atoms with Crippen molar-refractivity contribution in [2.45, 2.75) is 18.9 Å². The van der Waals surface area contributed by atoms with Gasteiger partial charge in [0.1, 0.15) is 5.82 Å². The van der Waals surface area contributed by atoms with E-state index in [0.29, 0.717) is 5.92 Å². The first-order chi connectivity index (χ1) is 13.8. The fourth-order valence-electron chi connectivity index (χ4n) is 4.29. The zero-order chi connectivity index (χ0) is 18.9. The van der Waals surface area contributed by atoms with Gasteiger partial charge < -0.3 is 4.57 Å². The number of imidazole rings is 1. The highest BCUT2D eigenvalue weighted by atomic mass is 15.2. The number of rotatable bonds is 4. The first kappa shape index (κ1) is 17.1. The minimum absolute atomic E-state index is 0.505. The van der Waals surface area contributed by atoms with Gasteiger partial charge in [0.05, 0.1) is 16.7 Å². The Morgan fingerprint density at radius 2 is 1.79 bits per heavy atom. The second-order valence-corrected chi connectivity index (χ2v) is 7.65. The molecule has 0 saturated carbocycles. The molecular weight excluding hydrogens is 344 g/mol. The third kappa shape index (κ3) is 3.20. The maximum absolute atomic E-state index is 4.91. The number of fused-ring (bicyclic) bond motifs is 1. The van der Waals surface area contributed by atoms with Gasteiger partial charge in [-0.05, 0) is 42.8 Å². The molecule has 1 atom stereocenters. The van der Waals surface area contributed by atoms with E-state index in [-0.39, 0.29) is 0 Å². The van der Waals surface area contributed by atoms with Crippen LogP contribution in [0.25, 0.3) is 22.3 Å². The van der Waals surface area contributed by atoms with E-state index in [1.54, 1.807) is 0 Å². The molecule has 0 spiro atoms. The van der Waals surface area contributed by atoms with Gasteiger partial charge in [0, 0.05) is 37.8 Å². The second-order valence-electron chi connectivity index (χ2n) is 7.65. The number of hydrogen-bond donors (Lipinski definition) is 0. The zero-order valence-electron chi connectivity index (χ0n) is 16.1. The third-order valence-corrected chi connectivity index (χ3v) is 5.78. The Labute approximate surface area is 165 Å². The molecule has 28 heavy (non-hydrogen) atoms. The smallest absolute Gasteiger partial charge is 0.114 e. The van der Waals surface area contributed by atoms with Crippen LogP contribution < -0.4 is 0 Å². The molecule has 140 valence electrons. The Hall–Kier alpha value is -2.98. The highest BCUT2D eigenvalue weighted by molar-refractivity contribution is 5.75. The van der Waals surface area contributed by atoms with Crippen molar-refractivity contribution in [3.8, 4) is 11.3 Å². The Bertz CT molecular complexity index is 1080. The first-order valence-electron chi connectivity index (χ1n) is 9.92. The van der Waals surface area contributed by atoms with E-state index < -0.39 is 0 Å². The number of hydrogen-bond acceptors (Lipinski definition) is 3. The summed E-state index contributed by atoms with van der Waals surface area (Å²) < 4.78 is 2.27. The normalized spacial score (nSPS) is 17.4. The molecule has 4 heteroatoms. The standard InChI is InChI=1S/C24H24N4/c1-27-23-8-3-2-7-22(23)26-24(27)20-13-15-28(17-20)16-18-9-11-19(12-10-18)21-6-4-5-14-25-21/h2-12,14,20H,13,15-17H2,1H3/t20-/m0/s1. The number of benzene rings is 2. The van der Waals surface area contributed by atoms with E-state index in [1.807, 2.05) is 18.3 Å². The second kappa shape index (κ2) is 7.21. The molecule has 5 rings (SSSR count). The number of likely N-dealkylation sites (tertiary alicyclic amines) is 1. The zero-order valence-corrected chi connectivity index (χ0v) is 16.1. The minimum atomic E-state index is 0.505. The minimum Gasteiger partial charge on any atom is -0.331 e. The Balaban J connectivity index is 1.28. The van der Waals surface area contributed by atoms with Crippen molar-refractivity contribution in [3.05, 3.63) is 84.3 Å². The molecule has 4 nitrogen and oxygen atoms in total. The van der Waals surface area contributed by atoms with Crippen LogP contribution in [0.1, 0.15) is 23.7 Å².